The minimum Gasteiger partial charge on any atom is -0.456 e. The zero-order valence-electron chi connectivity index (χ0n) is 8.63. The molecule has 4 nitrogen and oxygen atoms in total. The van der Waals surface area contributed by atoms with E-state index in [1.807, 2.05) is 30.3 Å². The topological polar surface area (TPSA) is 51.2 Å². The molecule has 1 saturated heterocycles. The lowest BCUT2D eigenvalue weighted by molar-refractivity contribution is -0.136. The summed E-state index contributed by atoms with van der Waals surface area (Å²) >= 11 is 0. The summed E-state index contributed by atoms with van der Waals surface area (Å²) in [5.41, 5.74) is 1.42. The van der Waals surface area contributed by atoms with Gasteiger partial charge in [-0.15, -0.1) is 0 Å². The minimum atomic E-state index is -0.353. The first-order valence-corrected chi connectivity index (χ1v) is 5.25. The number of epoxide rings is 1. The molecule has 2 aliphatic rings. The van der Waals surface area contributed by atoms with Gasteiger partial charge >= 0.3 is 5.97 Å². The van der Waals surface area contributed by atoms with Crippen LogP contribution in [0.2, 0.25) is 0 Å². The predicted molar refractivity (Wildman–Crippen MR) is 57.2 cm³/mol. The Balaban J connectivity index is 1.57. The molecule has 0 saturated carbocycles. The molecule has 0 aromatic heterocycles. The Morgan fingerprint density at radius 2 is 2.25 bits per heavy atom. The third kappa shape index (κ3) is 1.72. The number of carbonyl (C=O) groups is 1. The van der Waals surface area contributed by atoms with Crippen molar-refractivity contribution in [1.82, 2.24) is 0 Å². The molecule has 1 aromatic carbocycles. The van der Waals surface area contributed by atoms with Gasteiger partial charge in [-0.25, -0.2) is 4.79 Å². The maximum absolute atomic E-state index is 11.6. The molecule has 2 heterocycles. The second-order valence-corrected chi connectivity index (χ2v) is 3.88. The summed E-state index contributed by atoms with van der Waals surface area (Å²) in [7, 11) is 0. The van der Waals surface area contributed by atoms with Gasteiger partial charge in [0, 0.05) is 0 Å². The lowest BCUT2D eigenvalue weighted by Gasteiger charge is -2.04. The molecule has 1 fully saturated rings. The smallest absolute Gasteiger partial charge is 0.355 e. The highest BCUT2D eigenvalue weighted by Crippen LogP contribution is 2.29. The summed E-state index contributed by atoms with van der Waals surface area (Å²) in [6.45, 7) is 0.885. The third-order valence-corrected chi connectivity index (χ3v) is 2.72. The van der Waals surface area contributed by atoms with Crippen LogP contribution in [0.3, 0.4) is 0 Å². The van der Waals surface area contributed by atoms with Gasteiger partial charge in [0.05, 0.1) is 6.54 Å². The molecule has 1 aromatic rings. The molecular weight excluding hydrogens is 206 g/mol. The molecule has 0 N–H and O–H groups in total. The van der Waals surface area contributed by atoms with Gasteiger partial charge in [0.15, 0.2) is 5.71 Å². The van der Waals surface area contributed by atoms with Crippen molar-refractivity contribution in [2.24, 2.45) is 4.99 Å². The second kappa shape index (κ2) is 3.72. The molecule has 4 heteroatoms. The average Bonchev–Trinajstić information content (AvgIpc) is 2.99. The average molecular weight is 217 g/mol. The zero-order valence-corrected chi connectivity index (χ0v) is 8.63. The fourth-order valence-electron chi connectivity index (χ4n) is 1.78. The largest absolute Gasteiger partial charge is 0.456 e. The van der Waals surface area contributed by atoms with Gasteiger partial charge in [-0.1, -0.05) is 30.3 Å². The Morgan fingerprint density at radius 1 is 1.44 bits per heavy atom. The van der Waals surface area contributed by atoms with Gasteiger partial charge < -0.3 is 9.47 Å². The number of esters is 1. The van der Waals surface area contributed by atoms with Crippen LogP contribution >= 0.6 is 0 Å². The van der Waals surface area contributed by atoms with Crippen LogP contribution in [0.1, 0.15) is 5.56 Å². The van der Waals surface area contributed by atoms with Gasteiger partial charge in [0.1, 0.15) is 18.8 Å². The number of hydrogen-bond acceptors (Lipinski definition) is 4. The van der Waals surface area contributed by atoms with Crippen LogP contribution < -0.4 is 0 Å². The molecule has 2 atom stereocenters. The predicted octanol–water partition coefficient (Wildman–Crippen LogP) is 0.952. The van der Waals surface area contributed by atoms with E-state index in [9.17, 15) is 4.79 Å². The molecule has 2 unspecified atom stereocenters. The first-order valence-electron chi connectivity index (χ1n) is 5.25. The van der Waals surface area contributed by atoms with Crippen LogP contribution in [0, 0.1) is 0 Å². The van der Waals surface area contributed by atoms with E-state index in [2.05, 4.69) is 4.99 Å². The van der Waals surface area contributed by atoms with Gasteiger partial charge in [0.2, 0.25) is 0 Å². The van der Waals surface area contributed by atoms with E-state index in [0.29, 0.717) is 12.3 Å². The molecule has 16 heavy (non-hydrogen) atoms. The molecule has 0 amide bonds. The highest BCUT2D eigenvalue weighted by atomic mass is 16.6. The molecule has 82 valence electrons. The summed E-state index contributed by atoms with van der Waals surface area (Å²) in [6.07, 6.45) is 0.0440. The molecule has 0 aliphatic carbocycles. The monoisotopic (exact) mass is 217 g/mol. The Morgan fingerprint density at radius 3 is 2.88 bits per heavy atom. The Bertz CT molecular complexity index is 441. The van der Waals surface area contributed by atoms with Crippen molar-refractivity contribution in [1.29, 1.82) is 0 Å². The summed E-state index contributed by atoms with van der Waals surface area (Å²) in [4.78, 5) is 15.7. The van der Waals surface area contributed by atoms with Gasteiger partial charge in [-0.2, -0.15) is 0 Å². The van der Waals surface area contributed by atoms with Crippen molar-refractivity contribution in [2.45, 2.75) is 18.8 Å². The minimum absolute atomic E-state index is 0.0942. The quantitative estimate of drug-likeness (QED) is 0.559. The van der Waals surface area contributed by atoms with Crippen LogP contribution in [-0.2, 0) is 20.9 Å². The number of nitrogens with zero attached hydrogens (tertiary/aromatic N) is 1. The van der Waals surface area contributed by atoms with Crippen LogP contribution in [0.5, 0.6) is 0 Å². The van der Waals surface area contributed by atoms with Crippen molar-refractivity contribution >= 4 is 11.7 Å². The summed E-state index contributed by atoms with van der Waals surface area (Å²) in [5.74, 6) is -0.353. The van der Waals surface area contributed by atoms with Gasteiger partial charge in [0.25, 0.3) is 0 Å². The van der Waals surface area contributed by atoms with E-state index >= 15 is 0 Å². The van der Waals surface area contributed by atoms with E-state index in [0.717, 1.165) is 5.56 Å². The highest BCUT2D eigenvalue weighted by Gasteiger charge is 2.50. The number of rotatable bonds is 3. The van der Waals surface area contributed by atoms with Crippen molar-refractivity contribution in [2.75, 3.05) is 6.54 Å². The SMILES string of the molecule is O=C(OCc1ccccc1)C1=NCC2OC12. The maximum Gasteiger partial charge on any atom is 0.355 e. The van der Waals surface area contributed by atoms with Crippen LogP contribution in [-0.4, -0.2) is 30.4 Å². The fraction of sp³-hybridized carbons (Fsp3) is 0.333. The normalized spacial score (nSPS) is 25.9. The van der Waals surface area contributed by atoms with Crippen LogP contribution in [0.15, 0.2) is 35.3 Å². The second-order valence-electron chi connectivity index (χ2n) is 3.88. The number of hydrogen-bond donors (Lipinski definition) is 0. The van der Waals surface area contributed by atoms with Crippen molar-refractivity contribution in [3.8, 4) is 0 Å². The molecule has 0 spiro atoms. The zero-order chi connectivity index (χ0) is 11.0. The summed E-state index contributed by atoms with van der Waals surface area (Å²) < 4.78 is 10.4. The molecule has 3 rings (SSSR count). The lowest BCUT2D eigenvalue weighted by Crippen LogP contribution is -2.21. The number of ether oxygens (including phenoxy) is 2. The van der Waals surface area contributed by atoms with Gasteiger partial charge in [-0.05, 0) is 5.56 Å². The summed E-state index contributed by atoms with van der Waals surface area (Å²) in [5, 5.41) is 0. The Hall–Kier alpha value is -1.68. The van der Waals surface area contributed by atoms with Crippen molar-refractivity contribution in [3.63, 3.8) is 0 Å². The lowest BCUT2D eigenvalue weighted by atomic mass is 10.2. The van der Waals surface area contributed by atoms with Gasteiger partial charge in [-0.3, -0.25) is 4.99 Å². The van der Waals surface area contributed by atoms with Crippen molar-refractivity contribution < 1.29 is 14.3 Å². The fourth-order valence-corrected chi connectivity index (χ4v) is 1.78. The van der Waals surface area contributed by atoms with E-state index in [-0.39, 0.29) is 24.8 Å². The molecule has 0 radical (unpaired) electrons. The standard InChI is InChI=1S/C12H11NO3/c14-12(10-11-9(16-11)6-13-10)15-7-8-4-2-1-3-5-8/h1-5,9,11H,6-7H2. The first-order chi connectivity index (χ1) is 7.84. The number of benzene rings is 1. The van der Waals surface area contributed by atoms with Crippen molar-refractivity contribution in [3.05, 3.63) is 35.9 Å². The molecule has 2 aliphatic heterocycles. The van der Waals surface area contributed by atoms with E-state index in [1.54, 1.807) is 0 Å². The molecule has 0 bridgehead atoms. The van der Waals surface area contributed by atoms with E-state index in [1.165, 1.54) is 0 Å². The Kier molecular flexibility index (Phi) is 2.22. The number of fused-ring (bicyclic) bond motifs is 1. The maximum atomic E-state index is 11.6. The number of carbonyl (C=O) groups excluding carboxylic acids is 1. The van der Waals surface area contributed by atoms with Crippen LogP contribution in [0.4, 0.5) is 0 Å². The van der Waals surface area contributed by atoms with E-state index in [4.69, 9.17) is 9.47 Å². The van der Waals surface area contributed by atoms with Crippen LogP contribution in [0.25, 0.3) is 0 Å². The summed E-state index contributed by atoms with van der Waals surface area (Å²) in [6, 6.07) is 9.59. The Labute approximate surface area is 92.9 Å². The molecular formula is C12H11NO3. The third-order valence-electron chi connectivity index (χ3n) is 2.72. The first kappa shape index (κ1) is 9.54. The van der Waals surface area contributed by atoms with E-state index < -0.39 is 0 Å². The highest BCUT2D eigenvalue weighted by molar-refractivity contribution is 6.39. The number of aliphatic imine (C=N–C) groups is 1.